The lowest BCUT2D eigenvalue weighted by Gasteiger charge is -2.06. The number of hydrogen-bond acceptors (Lipinski definition) is 2. The molecule has 0 aliphatic carbocycles. The van der Waals surface area contributed by atoms with E-state index < -0.39 is 0 Å². The molecule has 116 valence electrons. The van der Waals surface area contributed by atoms with E-state index in [1.807, 2.05) is 12.1 Å². The van der Waals surface area contributed by atoms with Crippen molar-refractivity contribution in [3.8, 4) is 0 Å². The van der Waals surface area contributed by atoms with E-state index in [4.69, 9.17) is 16.7 Å². The van der Waals surface area contributed by atoms with Crippen molar-refractivity contribution in [2.45, 2.75) is 52.2 Å². The third kappa shape index (κ3) is 4.47. The number of nitrogens with zero attached hydrogens (tertiary/aromatic N) is 1. The summed E-state index contributed by atoms with van der Waals surface area (Å²) in [6.45, 7) is 6.44. The first kappa shape index (κ1) is 16.3. The normalized spacial score (nSPS) is 11.7. The van der Waals surface area contributed by atoms with Crippen LogP contribution in [0.1, 0.15) is 38.7 Å². The molecule has 0 spiro atoms. The van der Waals surface area contributed by atoms with Gasteiger partial charge in [0.15, 0.2) is 0 Å². The number of unbranched alkanes of at least 4 members (excludes halogenated alkanes) is 2. The molecule has 3 nitrogen and oxygen atoms in total. The van der Waals surface area contributed by atoms with Crippen LogP contribution in [0.15, 0.2) is 24.4 Å². The Morgan fingerprint density at radius 3 is 2.76 bits per heavy atom. The maximum atomic E-state index is 8.87. The molecule has 0 saturated heterocycles. The number of hydrogen-bond donors (Lipinski definition) is 2. The molecular formula is C17H25ClN2O. The lowest BCUT2D eigenvalue weighted by atomic mass is 10.1. The van der Waals surface area contributed by atoms with Crippen LogP contribution in [0.4, 0.5) is 0 Å². The number of aromatic nitrogens is 1. The maximum absolute atomic E-state index is 8.87. The van der Waals surface area contributed by atoms with Gasteiger partial charge < -0.3 is 15.0 Å². The third-order valence-electron chi connectivity index (χ3n) is 3.68. The van der Waals surface area contributed by atoms with E-state index in [1.165, 1.54) is 16.5 Å². The molecule has 21 heavy (non-hydrogen) atoms. The average molecular weight is 309 g/mol. The Kier molecular flexibility index (Phi) is 6.09. The standard InChI is InChI=1S/C17H25ClN2O/c1-13(2)19-11-14-12-20(8-4-3-5-9-21)17-10-15(18)6-7-16(14)17/h6-7,10,12-13,19,21H,3-5,8-9,11H2,1-2H3. The monoisotopic (exact) mass is 308 g/mol. The van der Waals surface area contributed by atoms with Gasteiger partial charge in [0.25, 0.3) is 0 Å². The maximum Gasteiger partial charge on any atom is 0.0498 e. The summed E-state index contributed by atoms with van der Waals surface area (Å²) in [6, 6.07) is 6.58. The van der Waals surface area contributed by atoms with E-state index in [9.17, 15) is 0 Å². The molecule has 2 N–H and O–H groups in total. The molecule has 1 aromatic carbocycles. The molecule has 0 saturated carbocycles. The molecule has 0 atom stereocenters. The summed E-state index contributed by atoms with van der Waals surface area (Å²) in [5.41, 5.74) is 2.52. The zero-order valence-electron chi connectivity index (χ0n) is 12.9. The molecule has 0 amide bonds. The molecular weight excluding hydrogens is 284 g/mol. The Balaban J connectivity index is 2.20. The molecule has 1 aromatic heterocycles. The number of nitrogens with one attached hydrogen (secondary N) is 1. The first-order valence-electron chi connectivity index (χ1n) is 7.73. The number of halogens is 1. The number of benzene rings is 1. The van der Waals surface area contributed by atoms with E-state index in [1.54, 1.807) is 0 Å². The van der Waals surface area contributed by atoms with Gasteiger partial charge in [-0.05, 0) is 37.0 Å². The van der Waals surface area contributed by atoms with Crippen molar-refractivity contribution in [3.63, 3.8) is 0 Å². The summed E-state index contributed by atoms with van der Waals surface area (Å²) in [7, 11) is 0. The Hall–Kier alpha value is -1.03. The number of aryl methyl sites for hydroxylation is 1. The van der Waals surface area contributed by atoms with Crippen LogP contribution in [0.2, 0.25) is 5.02 Å². The van der Waals surface area contributed by atoms with Gasteiger partial charge in [-0.3, -0.25) is 0 Å². The Morgan fingerprint density at radius 2 is 2.05 bits per heavy atom. The predicted molar refractivity (Wildman–Crippen MR) is 89.9 cm³/mol. The second-order valence-electron chi connectivity index (χ2n) is 5.83. The summed E-state index contributed by atoms with van der Waals surface area (Å²) in [5, 5.41) is 14.4. The number of aliphatic hydroxyl groups is 1. The zero-order valence-corrected chi connectivity index (χ0v) is 13.7. The highest BCUT2D eigenvalue weighted by atomic mass is 35.5. The third-order valence-corrected chi connectivity index (χ3v) is 3.92. The van der Waals surface area contributed by atoms with E-state index >= 15 is 0 Å². The zero-order chi connectivity index (χ0) is 15.2. The molecule has 4 heteroatoms. The summed E-state index contributed by atoms with van der Waals surface area (Å²) >= 11 is 6.15. The van der Waals surface area contributed by atoms with Gasteiger partial charge in [-0.25, -0.2) is 0 Å². The van der Waals surface area contributed by atoms with Gasteiger partial charge in [-0.1, -0.05) is 31.5 Å². The van der Waals surface area contributed by atoms with Crippen molar-refractivity contribution < 1.29 is 5.11 Å². The molecule has 2 rings (SSSR count). The van der Waals surface area contributed by atoms with Crippen LogP contribution < -0.4 is 5.32 Å². The van der Waals surface area contributed by atoms with Crippen molar-refractivity contribution in [1.82, 2.24) is 9.88 Å². The van der Waals surface area contributed by atoms with Gasteiger partial charge in [0.2, 0.25) is 0 Å². The molecule has 0 unspecified atom stereocenters. The number of aliphatic hydroxyl groups excluding tert-OH is 1. The first-order chi connectivity index (χ1) is 10.1. The first-order valence-corrected chi connectivity index (χ1v) is 8.11. The Labute approximate surface area is 131 Å². The Bertz CT molecular complexity index is 577. The topological polar surface area (TPSA) is 37.2 Å². The van der Waals surface area contributed by atoms with Crippen LogP contribution in [0.5, 0.6) is 0 Å². The Morgan fingerprint density at radius 1 is 1.24 bits per heavy atom. The SMILES string of the molecule is CC(C)NCc1cn(CCCCCO)c2cc(Cl)ccc12. The van der Waals surface area contributed by atoms with Gasteiger partial charge >= 0.3 is 0 Å². The second kappa shape index (κ2) is 7.83. The number of rotatable bonds is 8. The fourth-order valence-corrected chi connectivity index (χ4v) is 2.72. The minimum absolute atomic E-state index is 0.280. The lowest BCUT2D eigenvalue weighted by Crippen LogP contribution is -2.21. The van der Waals surface area contributed by atoms with E-state index in [0.29, 0.717) is 6.04 Å². The molecule has 0 radical (unpaired) electrons. The van der Waals surface area contributed by atoms with Gasteiger partial charge in [0.1, 0.15) is 0 Å². The summed E-state index contributed by atoms with van der Waals surface area (Å²) in [6.07, 6.45) is 5.24. The fraction of sp³-hybridized carbons (Fsp3) is 0.529. The van der Waals surface area contributed by atoms with Crippen LogP contribution in [0, 0.1) is 0 Å². The van der Waals surface area contributed by atoms with E-state index in [0.717, 1.165) is 37.4 Å². The van der Waals surface area contributed by atoms with Crippen LogP contribution in [0.3, 0.4) is 0 Å². The summed E-state index contributed by atoms with van der Waals surface area (Å²) < 4.78 is 2.29. The van der Waals surface area contributed by atoms with Gasteiger partial charge in [-0.2, -0.15) is 0 Å². The van der Waals surface area contributed by atoms with Gasteiger partial charge in [-0.15, -0.1) is 0 Å². The van der Waals surface area contributed by atoms with Crippen LogP contribution in [-0.2, 0) is 13.1 Å². The van der Waals surface area contributed by atoms with Crippen molar-refractivity contribution in [1.29, 1.82) is 0 Å². The quantitative estimate of drug-likeness (QED) is 0.724. The van der Waals surface area contributed by atoms with Crippen molar-refractivity contribution in [2.24, 2.45) is 0 Å². The van der Waals surface area contributed by atoms with Crippen molar-refractivity contribution in [2.75, 3.05) is 6.61 Å². The molecule has 0 aliphatic heterocycles. The molecule has 1 heterocycles. The minimum atomic E-state index is 0.280. The summed E-state index contributed by atoms with van der Waals surface area (Å²) in [5.74, 6) is 0. The fourth-order valence-electron chi connectivity index (χ4n) is 2.55. The van der Waals surface area contributed by atoms with E-state index in [-0.39, 0.29) is 6.61 Å². The van der Waals surface area contributed by atoms with Gasteiger partial charge in [0.05, 0.1) is 0 Å². The van der Waals surface area contributed by atoms with Crippen LogP contribution >= 0.6 is 11.6 Å². The van der Waals surface area contributed by atoms with Crippen molar-refractivity contribution in [3.05, 3.63) is 35.0 Å². The predicted octanol–water partition coefficient (Wildman–Crippen LogP) is 3.96. The van der Waals surface area contributed by atoms with Crippen LogP contribution in [-0.4, -0.2) is 22.3 Å². The molecule has 2 aromatic rings. The average Bonchev–Trinajstić information content (AvgIpc) is 2.79. The van der Waals surface area contributed by atoms with Crippen molar-refractivity contribution >= 4 is 22.5 Å². The molecule has 0 bridgehead atoms. The summed E-state index contributed by atoms with van der Waals surface area (Å²) in [4.78, 5) is 0. The second-order valence-corrected chi connectivity index (χ2v) is 6.27. The molecule has 0 aliphatic rings. The number of fused-ring (bicyclic) bond motifs is 1. The largest absolute Gasteiger partial charge is 0.396 e. The highest BCUT2D eigenvalue weighted by Crippen LogP contribution is 2.25. The van der Waals surface area contributed by atoms with E-state index in [2.05, 4.69) is 36.0 Å². The minimum Gasteiger partial charge on any atom is -0.396 e. The highest BCUT2D eigenvalue weighted by molar-refractivity contribution is 6.31. The van der Waals surface area contributed by atoms with Gasteiger partial charge in [0, 0.05) is 47.9 Å². The molecule has 0 fully saturated rings. The highest BCUT2D eigenvalue weighted by Gasteiger charge is 2.09. The smallest absolute Gasteiger partial charge is 0.0498 e. The van der Waals surface area contributed by atoms with Crippen LogP contribution in [0.25, 0.3) is 10.9 Å². The lowest BCUT2D eigenvalue weighted by molar-refractivity contribution is 0.282.